The molecular formula is C21H21N5O3. The molecule has 1 atom stereocenters. The zero-order valence-electron chi connectivity index (χ0n) is 15.8. The lowest BCUT2D eigenvalue weighted by Gasteiger charge is -2.35. The number of likely N-dealkylation sites (tertiary alicyclic amines) is 1. The van der Waals surface area contributed by atoms with E-state index in [1.807, 2.05) is 23.1 Å². The second kappa shape index (κ2) is 8.22. The third-order valence-electron chi connectivity index (χ3n) is 5.25. The van der Waals surface area contributed by atoms with Gasteiger partial charge in [0.25, 0.3) is 5.69 Å². The molecule has 1 aliphatic rings. The Morgan fingerprint density at radius 2 is 1.86 bits per heavy atom. The molecule has 29 heavy (non-hydrogen) atoms. The number of rotatable bonds is 4. The zero-order chi connectivity index (χ0) is 20.2. The summed E-state index contributed by atoms with van der Waals surface area (Å²) in [6, 6.07) is 16.2. The fourth-order valence-electron chi connectivity index (χ4n) is 3.73. The van der Waals surface area contributed by atoms with Crippen molar-refractivity contribution in [1.29, 1.82) is 0 Å². The molecular weight excluding hydrogens is 370 g/mol. The predicted molar refractivity (Wildman–Crippen MR) is 107 cm³/mol. The van der Waals surface area contributed by atoms with Crippen LogP contribution in [0.3, 0.4) is 0 Å². The molecule has 1 aliphatic heterocycles. The molecule has 0 saturated carbocycles. The third kappa shape index (κ3) is 4.16. The molecule has 8 heteroatoms. The second-order valence-corrected chi connectivity index (χ2v) is 7.17. The molecule has 1 aromatic heterocycles. The van der Waals surface area contributed by atoms with E-state index >= 15 is 0 Å². The first-order valence-electron chi connectivity index (χ1n) is 9.64. The Hall–Kier alpha value is -3.55. The number of non-ortho nitro benzene ring substituents is 1. The number of hydrogen-bond acceptors (Lipinski definition) is 5. The standard InChI is InChI=1S/C21H21N5O3/c27-21(24-13-5-4-8-19(24)14-16-6-2-1-3-7-16)25-15-20(22-23-25)17-9-11-18(12-10-17)26(28)29/h1-3,6-7,9-12,15,19H,4-5,8,13-14H2. The molecule has 1 saturated heterocycles. The summed E-state index contributed by atoms with van der Waals surface area (Å²) >= 11 is 0. The van der Waals surface area contributed by atoms with Crippen molar-refractivity contribution in [2.75, 3.05) is 6.54 Å². The Labute approximate surface area is 167 Å². The van der Waals surface area contributed by atoms with Crippen LogP contribution in [-0.4, -0.2) is 43.4 Å². The highest BCUT2D eigenvalue weighted by Crippen LogP contribution is 2.23. The Balaban J connectivity index is 1.51. The molecule has 0 radical (unpaired) electrons. The maximum Gasteiger partial charge on any atom is 0.346 e. The van der Waals surface area contributed by atoms with Crippen LogP contribution in [0, 0.1) is 10.1 Å². The number of nitro groups is 1. The van der Waals surface area contributed by atoms with Gasteiger partial charge in [-0.25, -0.2) is 4.79 Å². The van der Waals surface area contributed by atoms with Crippen molar-refractivity contribution in [3.8, 4) is 11.3 Å². The summed E-state index contributed by atoms with van der Waals surface area (Å²) in [6.07, 6.45) is 5.44. The average molecular weight is 391 g/mol. The van der Waals surface area contributed by atoms with Gasteiger partial charge in [-0.15, -0.1) is 5.10 Å². The van der Waals surface area contributed by atoms with Gasteiger partial charge in [-0.2, -0.15) is 4.68 Å². The van der Waals surface area contributed by atoms with Crippen LogP contribution in [0.4, 0.5) is 10.5 Å². The first-order valence-corrected chi connectivity index (χ1v) is 9.64. The summed E-state index contributed by atoms with van der Waals surface area (Å²) in [4.78, 5) is 25.3. The number of carbonyl (C=O) groups is 1. The van der Waals surface area contributed by atoms with Gasteiger partial charge in [-0.05, 0) is 43.4 Å². The summed E-state index contributed by atoms with van der Waals surface area (Å²) in [5.74, 6) is 0. The molecule has 1 unspecified atom stereocenters. The van der Waals surface area contributed by atoms with Crippen molar-refractivity contribution in [3.63, 3.8) is 0 Å². The Kier molecular flexibility index (Phi) is 5.33. The molecule has 2 heterocycles. The SMILES string of the molecule is O=C(N1CCCCC1Cc1ccccc1)n1cc(-c2ccc([N+](=O)[O-])cc2)nn1. The zero-order valence-corrected chi connectivity index (χ0v) is 15.8. The third-order valence-corrected chi connectivity index (χ3v) is 5.25. The van der Waals surface area contributed by atoms with E-state index in [1.165, 1.54) is 22.4 Å². The van der Waals surface area contributed by atoms with Crippen molar-refractivity contribution in [1.82, 2.24) is 19.9 Å². The summed E-state index contributed by atoms with van der Waals surface area (Å²) in [7, 11) is 0. The van der Waals surface area contributed by atoms with Crippen LogP contribution in [0.25, 0.3) is 11.3 Å². The van der Waals surface area contributed by atoms with E-state index in [0.29, 0.717) is 17.8 Å². The topological polar surface area (TPSA) is 94.2 Å². The Bertz CT molecular complexity index is 1000. The van der Waals surface area contributed by atoms with Crippen molar-refractivity contribution >= 4 is 11.7 Å². The first kappa shape index (κ1) is 18.8. The highest BCUT2D eigenvalue weighted by atomic mass is 16.6. The van der Waals surface area contributed by atoms with Crippen LogP contribution < -0.4 is 0 Å². The van der Waals surface area contributed by atoms with E-state index in [0.717, 1.165) is 25.7 Å². The normalized spacial score (nSPS) is 16.6. The molecule has 8 nitrogen and oxygen atoms in total. The van der Waals surface area contributed by atoms with Crippen LogP contribution in [0.5, 0.6) is 0 Å². The average Bonchev–Trinajstić information content (AvgIpc) is 3.25. The molecule has 0 bridgehead atoms. The minimum absolute atomic E-state index is 0.00860. The van der Waals surface area contributed by atoms with E-state index in [4.69, 9.17) is 0 Å². The number of aromatic nitrogens is 3. The molecule has 1 fully saturated rings. The lowest BCUT2D eigenvalue weighted by Crippen LogP contribution is -2.46. The van der Waals surface area contributed by atoms with Gasteiger partial charge in [0.15, 0.2) is 0 Å². The molecule has 4 rings (SSSR count). The van der Waals surface area contributed by atoms with E-state index in [1.54, 1.807) is 18.3 Å². The van der Waals surface area contributed by atoms with E-state index < -0.39 is 4.92 Å². The van der Waals surface area contributed by atoms with Gasteiger partial charge >= 0.3 is 6.03 Å². The van der Waals surface area contributed by atoms with Crippen LogP contribution >= 0.6 is 0 Å². The summed E-state index contributed by atoms with van der Waals surface area (Å²) in [5, 5.41) is 18.9. The first-order chi connectivity index (χ1) is 14.1. The lowest BCUT2D eigenvalue weighted by molar-refractivity contribution is -0.384. The van der Waals surface area contributed by atoms with E-state index in [-0.39, 0.29) is 17.8 Å². The van der Waals surface area contributed by atoms with E-state index in [2.05, 4.69) is 22.4 Å². The van der Waals surface area contributed by atoms with Crippen LogP contribution in [-0.2, 0) is 6.42 Å². The minimum atomic E-state index is -0.451. The predicted octanol–water partition coefficient (Wildman–Crippen LogP) is 3.92. The highest BCUT2D eigenvalue weighted by Gasteiger charge is 2.28. The van der Waals surface area contributed by atoms with Gasteiger partial charge < -0.3 is 4.90 Å². The smallest absolute Gasteiger partial charge is 0.320 e. The Morgan fingerprint density at radius 1 is 1.10 bits per heavy atom. The number of benzene rings is 2. The largest absolute Gasteiger partial charge is 0.346 e. The molecule has 1 amide bonds. The van der Waals surface area contributed by atoms with Crippen LogP contribution in [0.1, 0.15) is 24.8 Å². The summed E-state index contributed by atoms with van der Waals surface area (Å²) in [5.41, 5.74) is 2.40. The number of nitrogens with zero attached hydrogens (tertiary/aromatic N) is 5. The lowest BCUT2D eigenvalue weighted by atomic mass is 9.96. The number of amides is 1. The second-order valence-electron chi connectivity index (χ2n) is 7.17. The Morgan fingerprint density at radius 3 is 2.59 bits per heavy atom. The van der Waals surface area contributed by atoms with Crippen LogP contribution in [0.2, 0.25) is 0 Å². The van der Waals surface area contributed by atoms with Gasteiger partial charge in [0, 0.05) is 30.3 Å². The fourth-order valence-corrected chi connectivity index (χ4v) is 3.73. The van der Waals surface area contributed by atoms with Crippen molar-refractivity contribution < 1.29 is 9.72 Å². The van der Waals surface area contributed by atoms with Crippen molar-refractivity contribution in [3.05, 3.63) is 76.5 Å². The monoisotopic (exact) mass is 391 g/mol. The molecule has 3 aromatic rings. The fraction of sp³-hybridized carbons (Fsp3) is 0.286. The molecule has 148 valence electrons. The molecule has 2 aromatic carbocycles. The minimum Gasteiger partial charge on any atom is -0.320 e. The van der Waals surface area contributed by atoms with Crippen molar-refractivity contribution in [2.45, 2.75) is 31.7 Å². The van der Waals surface area contributed by atoms with Gasteiger partial charge in [0.05, 0.1) is 11.1 Å². The van der Waals surface area contributed by atoms with Gasteiger partial charge in [-0.3, -0.25) is 10.1 Å². The maximum atomic E-state index is 13.1. The van der Waals surface area contributed by atoms with Gasteiger partial charge in [-0.1, -0.05) is 35.5 Å². The highest BCUT2D eigenvalue weighted by molar-refractivity contribution is 5.77. The number of piperidine rings is 1. The maximum absolute atomic E-state index is 13.1. The summed E-state index contributed by atoms with van der Waals surface area (Å²) < 4.78 is 1.26. The van der Waals surface area contributed by atoms with Crippen LogP contribution in [0.15, 0.2) is 60.8 Å². The molecule has 0 N–H and O–H groups in total. The van der Waals surface area contributed by atoms with Gasteiger partial charge in [0.1, 0.15) is 5.69 Å². The van der Waals surface area contributed by atoms with E-state index in [9.17, 15) is 14.9 Å². The molecule has 0 aliphatic carbocycles. The number of carbonyl (C=O) groups excluding carboxylic acids is 1. The quantitative estimate of drug-likeness (QED) is 0.496. The summed E-state index contributed by atoms with van der Waals surface area (Å²) in [6.45, 7) is 0.697. The number of hydrogen-bond donors (Lipinski definition) is 0. The van der Waals surface area contributed by atoms with Crippen molar-refractivity contribution in [2.24, 2.45) is 0 Å². The molecule has 0 spiro atoms. The van der Waals surface area contributed by atoms with Gasteiger partial charge in [0.2, 0.25) is 0 Å². The number of nitro benzene ring substituents is 1.